The molecule has 12 heteroatoms. The van der Waals surface area contributed by atoms with Crippen molar-refractivity contribution in [2.24, 2.45) is 0 Å². The predicted octanol–water partition coefficient (Wildman–Crippen LogP) is 3.79. The Balaban J connectivity index is 1.30. The highest BCUT2D eigenvalue weighted by molar-refractivity contribution is 7.16. The first-order chi connectivity index (χ1) is 19.3. The van der Waals surface area contributed by atoms with E-state index in [0.29, 0.717) is 40.6 Å². The summed E-state index contributed by atoms with van der Waals surface area (Å²) in [6.07, 6.45) is 1.48. The second-order valence-corrected chi connectivity index (χ2v) is 10.3. The maximum Gasteiger partial charge on any atom is 0.261 e. The first-order valence-electron chi connectivity index (χ1n) is 12.3. The summed E-state index contributed by atoms with van der Waals surface area (Å²) in [6.45, 7) is 0.549. The lowest BCUT2D eigenvalue weighted by atomic mass is 10.0. The Labute approximate surface area is 230 Å². The van der Waals surface area contributed by atoms with E-state index in [1.165, 1.54) is 12.3 Å². The van der Waals surface area contributed by atoms with Crippen LogP contribution in [0, 0.1) is 23.0 Å². The molecule has 9 nitrogen and oxygen atoms in total. The summed E-state index contributed by atoms with van der Waals surface area (Å²) in [5.74, 6) is -3.58. The second kappa shape index (κ2) is 10.0. The number of hydrogen-bond acceptors (Lipinski definition) is 7. The van der Waals surface area contributed by atoms with Crippen LogP contribution >= 0.6 is 11.3 Å². The molecule has 1 atom stereocenters. The molecule has 4 aromatic rings. The predicted molar refractivity (Wildman–Crippen MR) is 139 cm³/mol. The number of nitriles is 1. The van der Waals surface area contributed by atoms with E-state index in [9.17, 15) is 28.4 Å². The number of imide groups is 1. The molecule has 0 saturated heterocycles. The lowest BCUT2D eigenvalue weighted by Gasteiger charge is -2.24. The minimum absolute atomic E-state index is 0.0171. The number of carbonyl (C=O) groups is 3. The lowest BCUT2D eigenvalue weighted by molar-refractivity contribution is 0.0629. The molecular weight excluding hydrogens is 540 g/mol. The van der Waals surface area contributed by atoms with Crippen molar-refractivity contribution in [3.05, 3.63) is 93.5 Å². The van der Waals surface area contributed by atoms with Crippen molar-refractivity contribution in [2.75, 3.05) is 13.2 Å². The van der Waals surface area contributed by atoms with Gasteiger partial charge in [-0.3, -0.25) is 24.0 Å². The van der Waals surface area contributed by atoms with Crippen molar-refractivity contribution < 1.29 is 27.9 Å². The summed E-state index contributed by atoms with van der Waals surface area (Å²) in [6, 6.07) is 12.7. The van der Waals surface area contributed by atoms with Crippen LogP contribution in [-0.2, 0) is 13.0 Å². The lowest BCUT2D eigenvalue weighted by Crippen LogP contribution is -2.46. The van der Waals surface area contributed by atoms with Gasteiger partial charge in [-0.1, -0.05) is 29.5 Å². The minimum Gasteiger partial charge on any atom is -0.481 e. The topological polar surface area (TPSA) is 117 Å². The third-order valence-electron chi connectivity index (χ3n) is 6.76. The van der Waals surface area contributed by atoms with Crippen molar-refractivity contribution in [2.45, 2.75) is 19.0 Å². The molecule has 0 aliphatic carbocycles. The van der Waals surface area contributed by atoms with Gasteiger partial charge in [0.1, 0.15) is 12.7 Å². The van der Waals surface area contributed by atoms with Crippen LogP contribution in [0.15, 0.2) is 54.7 Å². The Kier molecular flexibility index (Phi) is 6.36. The number of amides is 3. The number of thiophene rings is 1. The highest BCUT2D eigenvalue weighted by Gasteiger charge is 2.37. The molecule has 200 valence electrons. The molecule has 0 fully saturated rings. The van der Waals surface area contributed by atoms with Crippen LogP contribution in [0.25, 0.3) is 11.3 Å². The van der Waals surface area contributed by atoms with Gasteiger partial charge in [0.15, 0.2) is 16.7 Å². The van der Waals surface area contributed by atoms with Gasteiger partial charge in [-0.15, -0.1) is 0 Å². The van der Waals surface area contributed by atoms with Crippen LogP contribution in [0.4, 0.5) is 8.78 Å². The maximum atomic E-state index is 14.0. The number of aromatic nitrogens is 2. The number of nitrogens with zero attached hydrogens (tertiary/aromatic N) is 4. The molecule has 0 spiro atoms. The van der Waals surface area contributed by atoms with Crippen LogP contribution in [0.2, 0.25) is 0 Å². The van der Waals surface area contributed by atoms with E-state index in [1.54, 1.807) is 35.0 Å². The van der Waals surface area contributed by atoms with E-state index in [-0.39, 0.29) is 29.0 Å². The Bertz CT molecular complexity index is 1710. The van der Waals surface area contributed by atoms with E-state index in [1.807, 2.05) is 0 Å². The molecule has 2 aliphatic rings. The smallest absolute Gasteiger partial charge is 0.261 e. The molecule has 2 aromatic heterocycles. The molecule has 0 bridgehead atoms. The van der Waals surface area contributed by atoms with Crippen molar-refractivity contribution in [1.29, 1.82) is 5.26 Å². The van der Waals surface area contributed by atoms with Crippen molar-refractivity contribution in [1.82, 2.24) is 20.0 Å². The number of benzene rings is 2. The summed E-state index contributed by atoms with van der Waals surface area (Å²) in [5, 5.41) is 17.1. The highest BCUT2D eigenvalue weighted by Crippen LogP contribution is 2.41. The van der Waals surface area contributed by atoms with E-state index < -0.39 is 35.4 Å². The average Bonchev–Trinajstić information content (AvgIpc) is 3.59. The summed E-state index contributed by atoms with van der Waals surface area (Å²) in [4.78, 5) is 40.8. The van der Waals surface area contributed by atoms with Gasteiger partial charge in [-0.25, -0.2) is 8.78 Å². The Hall–Kier alpha value is -4.89. The molecule has 2 aromatic carbocycles. The fourth-order valence-electron chi connectivity index (χ4n) is 4.90. The fraction of sp³-hybridized carbons (Fsp3) is 0.179. The van der Waals surface area contributed by atoms with Crippen LogP contribution < -0.4 is 10.1 Å². The third-order valence-corrected chi connectivity index (χ3v) is 7.80. The van der Waals surface area contributed by atoms with Crippen LogP contribution in [0.5, 0.6) is 5.06 Å². The van der Waals surface area contributed by atoms with E-state index in [0.717, 1.165) is 28.4 Å². The van der Waals surface area contributed by atoms with Gasteiger partial charge >= 0.3 is 0 Å². The van der Waals surface area contributed by atoms with E-state index in [4.69, 9.17) is 4.74 Å². The van der Waals surface area contributed by atoms with Gasteiger partial charge in [0, 0.05) is 6.54 Å². The number of halogens is 2. The van der Waals surface area contributed by atoms with Crippen LogP contribution in [-0.4, -0.2) is 51.6 Å². The molecule has 0 saturated carbocycles. The average molecular weight is 560 g/mol. The Morgan fingerprint density at radius 3 is 2.55 bits per heavy atom. The molecule has 4 heterocycles. The minimum atomic E-state index is -1.05. The number of fused-ring (bicyclic) bond motifs is 4. The largest absolute Gasteiger partial charge is 0.481 e. The molecule has 1 N–H and O–H groups in total. The second-order valence-electron chi connectivity index (χ2n) is 9.29. The molecule has 40 heavy (non-hydrogen) atoms. The Morgan fingerprint density at radius 2 is 1.85 bits per heavy atom. The Morgan fingerprint density at radius 1 is 1.10 bits per heavy atom. The summed E-state index contributed by atoms with van der Waals surface area (Å²) in [5.41, 5.74) is 2.34. The standard InChI is InChI=1S/C28H19F2N5O4S/c29-21-6-5-15(10-22(21)30)9-17(14-34-26(37)18-3-1-2-4-19(18)27(34)38)33-25(36)23-11-20-24-16(12-31)13-32-35(24)7-8-39-28(20)40-23/h1-6,10-11,13,17H,7-9,14H2,(H,33,36). The SMILES string of the molecule is N#Cc1cnn2c1-c1cc(C(=O)NC(Cc3ccc(F)c(F)c3)CN3C(=O)c4ccccc4C3=O)sc1OCC2. The third kappa shape index (κ3) is 4.40. The number of rotatable bonds is 6. The zero-order valence-corrected chi connectivity index (χ0v) is 21.5. The zero-order chi connectivity index (χ0) is 28.0. The van der Waals surface area contributed by atoms with Gasteiger partial charge in [-0.05, 0) is 42.3 Å². The van der Waals surface area contributed by atoms with E-state index >= 15 is 0 Å². The molecule has 3 amide bonds. The summed E-state index contributed by atoms with van der Waals surface area (Å²) >= 11 is 1.09. The van der Waals surface area contributed by atoms with Gasteiger partial charge in [-0.2, -0.15) is 10.4 Å². The van der Waals surface area contributed by atoms with Gasteiger partial charge in [0.25, 0.3) is 17.7 Å². The van der Waals surface area contributed by atoms with Crippen molar-refractivity contribution >= 4 is 29.1 Å². The number of carbonyl (C=O) groups excluding carboxylic acids is 3. The van der Waals surface area contributed by atoms with Crippen molar-refractivity contribution in [3.8, 4) is 22.4 Å². The van der Waals surface area contributed by atoms with Crippen LogP contribution in [0.3, 0.4) is 0 Å². The first-order valence-corrected chi connectivity index (χ1v) is 13.1. The first kappa shape index (κ1) is 25.4. The quantitative estimate of drug-likeness (QED) is 0.359. The van der Waals surface area contributed by atoms with E-state index in [2.05, 4.69) is 16.5 Å². The summed E-state index contributed by atoms with van der Waals surface area (Å²) in [7, 11) is 0. The van der Waals surface area contributed by atoms with Crippen molar-refractivity contribution in [3.63, 3.8) is 0 Å². The van der Waals surface area contributed by atoms with Gasteiger partial charge < -0.3 is 10.1 Å². The number of ether oxygens (including phenoxy) is 1. The molecule has 6 rings (SSSR count). The normalized spacial score (nSPS) is 14.5. The molecular formula is C28H19F2N5O4S. The molecule has 0 radical (unpaired) electrons. The highest BCUT2D eigenvalue weighted by atomic mass is 32.1. The molecule has 1 unspecified atom stereocenters. The molecule has 2 aliphatic heterocycles. The fourth-order valence-corrected chi connectivity index (χ4v) is 5.83. The number of nitrogens with one attached hydrogen (secondary N) is 1. The maximum absolute atomic E-state index is 14.0. The monoisotopic (exact) mass is 559 g/mol. The number of hydrogen-bond donors (Lipinski definition) is 1. The van der Waals surface area contributed by atoms with Crippen LogP contribution in [0.1, 0.15) is 41.5 Å². The van der Waals surface area contributed by atoms with Gasteiger partial charge in [0.05, 0.1) is 51.6 Å². The zero-order valence-electron chi connectivity index (χ0n) is 20.7. The van der Waals surface area contributed by atoms with Gasteiger partial charge in [0.2, 0.25) is 0 Å². The summed E-state index contributed by atoms with van der Waals surface area (Å²) < 4.78 is 35.0.